The number of amides is 2. The predicted molar refractivity (Wildman–Crippen MR) is 75.8 cm³/mol. The van der Waals surface area contributed by atoms with Crippen LogP contribution in [0.25, 0.3) is 0 Å². The van der Waals surface area contributed by atoms with Crippen molar-refractivity contribution in [3.8, 4) is 0 Å². The van der Waals surface area contributed by atoms with Crippen molar-refractivity contribution in [2.24, 2.45) is 0 Å². The van der Waals surface area contributed by atoms with Crippen molar-refractivity contribution in [3.05, 3.63) is 29.8 Å². The zero-order valence-corrected chi connectivity index (χ0v) is 11.8. The molecule has 1 aromatic rings. The molecule has 1 rings (SSSR count). The molecule has 6 nitrogen and oxygen atoms in total. The van der Waals surface area contributed by atoms with Crippen LogP contribution < -0.4 is 10.6 Å². The van der Waals surface area contributed by atoms with Gasteiger partial charge in [-0.3, -0.25) is 0 Å². The number of para-hydroxylation sites is 1. The Balaban J connectivity index is 2.84. The highest BCUT2D eigenvalue weighted by molar-refractivity contribution is 5.93. The molecule has 0 spiro atoms. The number of aliphatic hydroxyl groups excluding tert-OH is 1. The Morgan fingerprint density at radius 1 is 1.25 bits per heavy atom. The maximum Gasteiger partial charge on any atom is 0.328 e. The zero-order valence-electron chi connectivity index (χ0n) is 11.8. The molecular formula is C14H20N2O4. The van der Waals surface area contributed by atoms with Crippen LogP contribution in [0.3, 0.4) is 0 Å². The summed E-state index contributed by atoms with van der Waals surface area (Å²) >= 11 is 0. The van der Waals surface area contributed by atoms with Gasteiger partial charge in [-0.05, 0) is 17.0 Å². The molecule has 0 unspecified atom stereocenters. The molecule has 0 saturated carbocycles. The average molecular weight is 280 g/mol. The molecule has 0 aromatic heterocycles. The Hall–Kier alpha value is -2.08. The summed E-state index contributed by atoms with van der Waals surface area (Å²) in [7, 11) is 0. The molecule has 110 valence electrons. The van der Waals surface area contributed by atoms with Crippen molar-refractivity contribution in [2.45, 2.75) is 32.2 Å². The molecule has 4 N–H and O–H groups in total. The van der Waals surface area contributed by atoms with E-state index in [1.807, 2.05) is 32.9 Å². The van der Waals surface area contributed by atoms with Gasteiger partial charge < -0.3 is 20.8 Å². The summed E-state index contributed by atoms with van der Waals surface area (Å²) in [5.74, 6) is -1.29. The number of anilines is 1. The second-order valence-corrected chi connectivity index (χ2v) is 5.47. The molecule has 2 amide bonds. The molecule has 0 aliphatic carbocycles. The predicted octanol–water partition coefficient (Wildman–Crippen LogP) is 1.55. The third kappa shape index (κ3) is 4.24. The Morgan fingerprint density at radius 3 is 2.35 bits per heavy atom. The van der Waals surface area contributed by atoms with E-state index in [9.17, 15) is 9.59 Å². The number of rotatable bonds is 4. The molecule has 0 aliphatic heterocycles. The van der Waals surface area contributed by atoms with Crippen molar-refractivity contribution in [3.63, 3.8) is 0 Å². The van der Waals surface area contributed by atoms with E-state index in [-0.39, 0.29) is 5.41 Å². The normalized spacial score (nSPS) is 12.6. The van der Waals surface area contributed by atoms with Crippen LogP contribution in [0, 0.1) is 0 Å². The second kappa shape index (κ2) is 6.38. The van der Waals surface area contributed by atoms with Crippen LogP contribution in [0.1, 0.15) is 26.3 Å². The number of carbonyl (C=O) groups excluding carboxylic acids is 1. The lowest BCUT2D eigenvalue weighted by molar-refractivity contribution is -0.140. The Morgan fingerprint density at radius 2 is 1.85 bits per heavy atom. The largest absolute Gasteiger partial charge is 0.480 e. The Labute approximate surface area is 117 Å². The summed E-state index contributed by atoms with van der Waals surface area (Å²) < 4.78 is 0. The third-order valence-corrected chi connectivity index (χ3v) is 2.77. The standard InChI is InChI=1S/C14H20N2O4/c1-14(2,3)9-6-4-5-7-10(9)15-13(20)16-11(8-17)12(18)19/h4-7,11,17H,8H2,1-3H3,(H,18,19)(H2,15,16,20)/t11-/m1/s1. The van der Waals surface area contributed by atoms with Crippen LogP contribution in [-0.4, -0.2) is 34.9 Å². The van der Waals surface area contributed by atoms with E-state index in [1.165, 1.54) is 0 Å². The van der Waals surface area contributed by atoms with Crippen LogP contribution in [0.2, 0.25) is 0 Å². The van der Waals surface area contributed by atoms with E-state index in [1.54, 1.807) is 12.1 Å². The molecule has 20 heavy (non-hydrogen) atoms. The van der Waals surface area contributed by atoms with Gasteiger partial charge in [0.1, 0.15) is 0 Å². The van der Waals surface area contributed by atoms with E-state index >= 15 is 0 Å². The maximum absolute atomic E-state index is 11.8. The number of urea groups is 1. The van der Waals surface area contributed by atoms with Crippen molar-refractivity contribution in [2.75, 3.05) is 11.9 Å². The first-order chi connectivity index (χ1) is 9.25. The molecule has 6 heteroatoms. The molecule has 0 bridgehead atoms. The number of carboxylic acids is 1. The number of hydrogen-bond donors (Lipinski definition) is 4. The minimum atomic E-state index is -1.32. The number of aliphatic hydroxyl groups is 1. The van der Waals surface area contributed by atoms with Gasteiger partial charge >= 0.3 is 12.0 Å². The van der Waals surface area contributed by atoms with E-state index < -0.39 is 24.6 Å². The second-order valence-electron chi connectivity index (χ2n) is 5.47. The van der Waals surface area contributed by atoms with Crippen LogP contribution in [-0.2, 0) is 10.2 Å². The lowest BCUT2D eigenvalue weighted by Crippen LogP contribution is -2.45. The first-order valence-corrected chi connectivity index (χ1v) is 6.26. The van der Waals surface area contributed by atoms with Gasteiger partial charge in [-0.25, -0.2) is 9.59 Å². The lowest BCUT2D eigenvalue weighted by atomic mass is 9.86. The molecule has 0 radical (unpaired) electrons. The monoisotopic (exact) mass is 280 g/mol. The van der Waals surface area contributed by atoms with Gasteiger partial charge in [-0.15, -0.1) is 0 Å². The average Bonchev–Trinajstić information content (AvgIpc) is 2.35. The number of nitrogens with one attached hydrogen (secondary N) is 2. The fourth-order valence-corrected chi connectivity index (χ4v) is 1.75. The summed E-state index contributed by atoms with van der Waals surface area (Å²) in [5.41, 5.74) is 1.39. The van der Waals surface area contributed by atoms with Crippen LogP contribution in [0.5, 0.6) is 0 Å². The highest BCUT2D eigenvalue weighted by atomic mass is 16.4. The van der Waals surface area contributed by atoms with Crippen molar-refractivity contribution in [1.29, 1.82) is 0 Å². The van der Waals surface area contributed by atoms with E-state index in [4.69, 9.17) is 10.2 Å². The molecule has 0 heterocycles. The molecule has 0 saturated heterocycles. The highest BCUT2D eigenvalue weighted by Crippen LogP contribution is 2.29. The number of aliphatic carboxylic acids is 1. The van der Waals surface area contributed by atoms with Gasteiger partial charge in [0.05, 0.1) is 6.61 Å². The molecule has 1 atom stereocenters. The zero-order chi connectivity index (χ0) is 15.3. The number of hydrogen-bond acceptors (Lipinski definition) is 3. The topological polar surface area (TPSA) is 98.7 Å². The number of benzene rings is 1. The summed E-state index contributed by atoms with van der Waals surface area (Å²) in [6, 6.07) is 5.31. The Bertz CT molecular complexity index is 494. The fourth-order valence-electron chi connectivity index (χ4n) is 1.75. The van der Waals surface area contributed by atoms with Crippen LogP contribution in [0.15, 0.2) is 24.3 Å². The smallest absolute Gasteiger partial charge is 0.328 e. The summed E-state index contributed by atoms with van der Waals surface area (Å²) in [5, 5.41) is 22.4. The maximum atomic E-state index is 11.8. The number of carbonyl (C=O) groups is 2. The van der Waals surface area contributed by atoms with Gasteiger partial charge in [0.2, 0.25) is 0 Å². The van der Waals surface area contributed by atoms with Crippen LogP contribution >= 0.6 is 0 Å². The fraction of sp³-hybridized carbons (Fsp3) is 0.429. The Kier molecular flexibility index (Phi) is 5.10. The molecule has 1 aromatic carbocycles. The van der Waals surface area contributed by atoms with E-state index in [0.29, 0.717) is 5.69 Å². The van der Waals surface area contributed by atoms with Gasteiger partial charge in [0.15, 0.2) is 6.04 Å². The quantitative estimate of drug-likeness (QED) is 0.672. The minimum absolute atomic E-state index is 0.160. The lowest BCUT2D eigenvalue weighted by Gasteiger charge is -2.23. The number of carboxylic acid groups (broad SMARTS) is 1. The van der Waals surface area contributed by atoms with Crippen molar-refractivity contribution >= 4 is 17.7 Å². The van der Waals surface area contributed by atoms with Gasteiger partial charge in [0, 0.05) is 5.69 Å². The first kappa shape index (κ1) is 16.0. The van der Waals surface area contributed by atoms with Crippen molar-refractivity contribution < 1.29 is 19.8 Å². The summed E-state index contributed by atoms with van der Waals surface area (Å²) in [6.45, 7) is 5.38. The summed E-state index contributed by atoms with van der Waals surface area (Å²) in [6.07, 6.45) is 0. The summed E-state index contributed by atoms with van der Waals surface area (Å²) in [4.78, 5) is 22.5. The third-order valence-electron chi connectivity index (χ3n) is 2.77. The SMILES string of the molecule is CC(C)(C)c1ccccc1NC(=O)N[C@H](CO)C(=O)O. The first-order valence-electron chi connectivity index (χ1n) is 6.26. The molecular weight excluding hydrogens is 260 g/mol. The van der Waals surface area contributed by atoms with E-state index in [0.717, 1.165) is 5.56 Å². The van der Waals surface area contributed by atoms with Crippen molar-refractivity contribution in [1.82, 2.24) is 5.32 Å². The van der Waals surface area contributed by atoms with Gasteiger partial charge in [-0.2, -0.15) is 0 Å². The van der Waals surface area contributed by atoms with Gasteiger partial charge in [0.25, 0.3) is 0 Å². The van der Waals surface area contributed by atoms with Gasteiger partial charge in [-0.1, -0.05) is 39.0 Å². The molecule has 0 fully saturated rings. The molecule has 0 aliphatic rings. The minimum Gasteiger partial charge on any atom is -0.480 e. The highest BCUT2D eigenvalue weighted by Gasteiger charge is 2.21. The van der Waals surface area contributed by atoms with Crippen LogP contribution in [0.4, 0.5) is 10.5 Å². The van der Waals surface area contributed by atoms with E-state index in [2.05, 4.69) is 10.6 Å².